The van der Waals surface area contributed by atoms with Crippen LogP contribution < -0.4 is 4.72 Å². The summed E-state index contributed by atoms with van der Waals surface area (Å²) >= 11 is 0. The van der Waals surface area contributed by atoms with Gasteiger partial charge in [-0.3, -0.25) is 14.3 Å². The molecule has 14 nitrogen and oxygen atoms in total. The van der Waals surface area contributed by atoms with Crippen molar-refractivity contribution in [2.75, 3.05) is 26.2 Å². The zero-order chi connectivity index (χ0) is 34.2. The molecule has 1 aliphatic carbocycles. The Balaban J connectivity index is 1.19. The van der Waals surface area contributed by atoms with Crippen molar-refractivity contribution in [2.24, 2.45) is 7.05 Å². The molecule has 3 aromatic rings. The summed E-state index contributed by atoms with van der Waals surface area (Å²) in [6, 6.07) is 10.7. The number of amides is 4. The number of carbonyl (C=O) groups is 4. The predicted molar refractivity (Wildman–Crippen MR) is 167 cm³/mol. The maximum absolute atomic E-state index is 13.9. The minimum absolute atomic E-state index is 0.00230. The average Bonchev–Trinajstić information content (AvgIpc) is 3.72. The van der Waals surface area contributed by atoms with E-state index in [1.165, 1.54) is 29.2 Å². The Hall–Kier alpha value is -4.83. The molecule has 2 aromatic carbocycles. The van der Waals surface area contributed by atoms with Crippen molar-refractivity contribution in [3.05, 3.63) is 77.4 Å². The highest BCUT2D eigenvalue weighted by Crippen LogP contribution is 2.46. The molecule has 2 saturated heterocycles. The summed E-state index contributed by atoms with van der Waals surface area (Å²) in [5.74, 6) is -1.64. The van der Waals surface area contributed by atoms with E-state index in [2.05, 4.69) is 9.84 Å². The summed E-state index contributed by atoms with van der Waals surface area (Å²) in [6.45, 7) is 0.951. The maximum Gasteiger partial charge on any atom is 0.421 e. The summed E-state index contributed by atoms with van der Waals surface area (Å²) in [7, 11) is -2.36. The highest BCUT2D eigenvalue weighted by atomic mass is 32.2. The number of aromatic nitrogens is 2. The molecule has 48 heavy (non-hydrogen) atoms. The summed E-state index contributed by atoms with van der Waals surface area (Å²) in [4.78, 5) is 55.1. The van der Waals surface area contributed by atoms with Crippen molar-refractivity contribution in [1.82, 2.24) is 28.6 Å². The molecule has 0 bridgehead atoms. The van der Waals surface area contributed by atoms with Crippen LogP contribution in [0.1, 0.15) is 42.9 Å². The van der Waals surface area contributed by atoms with Gasteiger partial charge in [-0.15, -0.1) is 0 Å². The van der Waals surface area contributed by atoms with Gasteiger partial charge in [-0.2, -0.15) is 17.8 Å². The standard InChI is InChI=1S/C32H35FN6O8S/c1-3-46-30(42)35-48(44,45)37-14-11-26(12-15-37)38(18-21-4-7-25(33)8-5-21)28(40)20-39-29(41)32(47-31(39)43)13-10-23-16-22(6-9-27(23)32)24-17-34-36(2)19-24/h4-9,16-17,19,26H,3,10-15,18,20H2,1-2H3,(H,35,42)/t32-/m1/s1. The third-order valence-electron chi connectivity index (χ3n) is 8.97. The van der Waals surface area contributed by atoms with Gasteiger partial charge in [0.25, 0.3) is 5.91 Å². The monoisotopic (exact) mass is 682 g/mol. The number of ether oxygens (including phenoxy) is 2. The van der Waals surface area contributed by atoms with Crippen LogP contribution in [0.2, 0.25) is 0 Å². The van der Waals surface area contributed by atoms with E-state index < -0.39 is 58.2 Å². The molecule has 4 amide bonds. The van der Waals surface area contributed by atoms with E-state index in [9.17, 15) is 32.0 Å². The van der Waals surface area contributed by atoms with Crippen molar-refractivity contribution >= 4 is 34.2 Å². The van der Waals surface area contributed by atoms with E-state index in [0.29, 0.717) is 17.5 Å². The van der Waals surface area contributed by atoms with Crippen LogP contribution in [0.25, 0.3) is 11.1 Å². The van der Waals surface area contributed by atoms with Crippen molar-refractivity contribution in [3.8, 4) is 11.1 Å². The van der Waals surface area contributed by atoms with E-state index in [0.717, 1.165) is 25.9 Å². The van der Waals surface area contributed by atoms with Gasteiger partial charge in [0.1, 0.15) is 12.4 Å². The fourth-order valence-electron chi connectivity index (χ4n) is 6.56. The van der Waals surface area contributed by atoms with Crippen LogP contribution in [0.5, 0.6) is 0 Å². The van der Waals surface area contributed by atoms with Crippen molar-refractivity contribution in [2.45, 2.75) is 50.8 Å². The summed E-state index contributed by atoms with van der Waals surface area (Å²) in [5.41, 5.74) is 2.33. The van der Waals surface area contributed by atoms with Crippen LogP contribution in [-0.4, -0.2) is 88.6 Å². The number of benzene rings is 2. The minimum atomic E-state index is -4.18. The molecule has 3 heterocycles. The molecule has 0 unspecified atom stereocenters. The first-order valence-electron chi connectivity index (χ1n) is 15.6. The Labute approximate surface area is 276 Å². The molecule has 0 saturated carbocycles. The van der Waals surface area contributed by atoms with Crippen LogP contribution in [0, 0.1) is 5.82 Å². The van der Waals surface area contributed by atoms with E-state index in [1.807, 2.05) is 30.1 Å². The molecule has 254 valence electrons. The second-order valence-corrected chi connectivity index (χ2v) is 13.6. The molecular formula is C32H35FN6O8S. The minimum Gasteiger partial charge on any atom is -0.449 e. The van der Waals surface area contributed by atoms with Crippen LogP contribution in [0.15, 0.2) is 54.9 Å². The highest BCUT2D eigenvalue weighted by Gasteiger charge is 2.58. The molecule has 1 spiro atoms. The molecule has 1 aromatic heterocycles. The number of nitrogens with zero attached hydrogens (tertiary/aromatic N) is 5. The van der Waals surface area contributed by atoms with Gasteiger partial charge in [-0.1, -0.05) is 30.3 Å². The fraction of sp³-hybridized carbons (Fsp3) is 0.406. The molecule has 2 aliphatic heterocycles. The number of nitrogens with one attached hydrogen (secondary N) is 1. The van der Waals surface area contributed by atoms with Gasteiger partial charge in [0.05, 0.1) is 12.8 Å². The largest absolute Gasteiger partial charge is 0.449 e. The topological polar surface area (TPSA) is 160 Å². The molecule has 0 radical (unpaired) electrons. The van der Waals surface area contributed by atoms with Crippen LogP contribution in [-0.2, 0) is 54.9 Å². The first-order valence-corrected chi connectivity index (χ1v) is 17.0. The summed E-state index contributed by atoms with van der Waals surface area (Å²) in [6.07, 6.45) is 2.73. The van der Waals surface area contributed by atoms with Gasteiger partial charge in [0.15, 0.2) is 0 Å². The lowest BCUT2D eigenvalue weighted by atomic mass is 9.93. The van der Waals surface area contributed by atoms with Crippen molar-refractivity contribution < 1.29 is 41.5 Å². The molecular weight excluding hydrogens is 647 g/mol. The van der Waals surface area contributed by atoms with Gasteiger partial charge in [-0.05, 0) is 55.0 Å². The van der Waals surface area contributed by atoms with E-state index in [1.54, 1.807) is 23.9 Å². The van der Waals surface area contributed by atoms with Crippen molar-refractivity contribution in [1.29, 1.82) is 0 Å². The number of fused-ring (bicyclic) bond motifs is 2. The zero-order valence-corrected chi connectivity index (χ0v) is 27.2. The molecule has 1 N–H and O–H groups in total. The number of hydrogen-bond donors (Lipinski definition) is 1. The number of aryl methyl sites for hydroxylation is 2. The number of imide groups is 1. The smallest absolute Gasteiger partial charge is 0.421 e. The highest BCUT2D eigenvalue weighted by molar-refractivity contribution is 7.87. The molecule has 6 rings (SSSR count). The van der Waals surface area contributed by atoms with Gasteiger partial charge in [0.2, 0.25) is 11.5 Å². The van der Waals surface area contributed by atoms with Crippen molar-refractivity contribution in [3.63, 3.8) is 0 Å². The van der Waals surface area contributed by atoms with Gasteiger partial charge >= 0.3 is 22.4 Å². The van der Waals surface area contributed by atoms with Crippen LogP contribution >= 0.6 is 0 Å². The molecule has 3 aliphatic rings. The lowest BCUT2D eigenvalue weighted by Crippen LogP contribution is -2.53. The second kappa shape index (κ2) is 13.0. The van der Waals surface area contributed by atoms with Gasteiger partial charge in [0, 0.05) is 56.5 Å². The third kappa shape index (κ3) is 6.36. The average molecular weight is 683 g/mol. The first-order chi connectivity index (χ1) is 22.9. The zero-order valence-electron chi connectivity index (χ0n) is 26.4. The number of carbonyl (C=O) groups excluding carboxylic acids is 4. The fourth-order valence-corrected chi connectivity index (χ4v) is 7.65. The van der Waals surface area contributed by atoms with Gasteiger partial charge < -0.3 is 14.4 Å². The summed E-state index contributed by atoms with van der Waals surface area (Å²) < 4.78 is 54.2. The SMILES string of the molecule is CCOC(=O)NS(=O)(=O)N1CCC(N(Cc2ccc(F)cc2)C(=O)CN2C(=O)O[C@@]3(CCc4cc(-c5cnn(C)c5)ccc43)C2=O)CC1. The quantitative estimate of drug-likeness (QED) is 0.358. The lowest BCUT2D eigenvalue weighted by molar-refractivity contribution is -0.143. The third-order valence-corrected chi connectivity index (χ3v) is 10.4. The Morgan fingerprint density at radius 1 is 1.12 bits per heavy atom. The van der Waals surface area contributed by atoms with E-state index in [-0.39, 0.29) is 45.5 Å². The Kier molecular flexibility index (Phi) is 8.96. The number of rotatable bonds is 9. The van der Waals surface area contributed by atoms with Crippen LogP contribution in [0.3, 0.4) is 0 Å². The number of piperidine rings is 1. The van der Waals surface area contributed by atoms with E-state index in [4.69, 9.17) is 4.74 Å². The molecule has 16 heteroatoms. The Morgan fingerprint density at radius 3 is 2.52 bits per heavy atom. The number of halogens is 1. The Bertz CT molecular complexity index is 1860. The predicted octanol–water partition coefficient (Wildman–Crippen LogP) is 2.83. The van der Waals surface area contributed by atoms with E-state index >= 15 is 0 Å². The Morgan fingerprint density at radius 2 is 1.85 bits per heavy atom. The molecule has 1 atom stereocenters. The van der Waals surface area contributed by atoms with Crippen LogP contribution in [0.4, 0.5) is 14.0 Å². The van der Waals surface area contributed by atoms with Gasteiger partial charge in [-0.25, -0.2) is 23.6 Å². The normalized spacial score (nSPS) is 19.8. The summed E-state index contributed by atoms with van der Waals surface area (Å²) in [5, 5.41) is 4.21. The lowest BCUT2D eigenvalue weighted by Gasteiger charge is -2.38. The first kappa shape index (κ1) is 33.1. The molecule has 2 fully saturated rings. The number of hydrogen-bond acceptors (Lipinski definition) is 9. The maximum atomic E-state index is 13.9. The second-order valence-electron chi connectivity index (χ2n) is 12.0.